The molecule has 118 valence electrons. The van der Waals surface area contributed by atoms with Crippen LogP contribution in [0.1, 0.15) is 23.6 Å². The number of aryl methyl sites for hydroxylation is 1. The number of benzene rings is 2. The molecule has 0 fully saturated rings. The summed E-state index contributed by atoms with van der Waals surface area (Å²) in [6.45, 7) is 4.70. The molecule has 0 aliphatic heterocycles. The van der Waals surface area contributed by atoms with E-state index >= 15 is 0 Å². The third-order valence-corrected chi connectivity index (χ3v) is 3.71. The largest absolute Gasteiger partial charge is 0.481 e. The highest BCUT2D eigenvalue weighted by Crippen LogP contribution is 2.20. The fourth-order valence-corrected chi connectivity index (χ4v) is 2.45. The molecule has 4 nitrogen and oxygen atoms in total. The number of nitrogens with zero attached hydrogens (tertiary/aromatic N) is 2. The Kier molecular flexibility index (Phi) is 5.37. The summed E-state index contributed by atoms with van der Waals surface area (Å²) in [5, 5.41) is 18.2. The summed E-state index contributed by atoms with van der Waals surface area (Å²) in [6.07, 6.45) is 0. The zero-order valence-electron chi connectivity index (χ0n) is 13.4. The minimum absolute atomic E-state index is 0.412. The smallest absolute Gasteiger partial charge is 0.308 e. The predicted molar refractivity (Wildman–Crippen MR) is 90.2 cm³/mol. The first-order valence-corrected chi connectivity index (χ1v) is 7.53. The summed E-state index contributed by atoms with van der Waals surface area (Å²) >= 11 is 0. The maximum Gasteiger partial charge on any atom is 0.308 e. The van der Waals surface area contributed by atoms with Crippen molar-refractivity contribution in [1.29, 1.82) is 5.26 Å². The maximum atomic E-state index is 11.2. The lowest BCUT2D eigenvalue weighted by atomic mass is 10.1. The van der Waals surface area contributed by atoms with Gasteiger partial charge >= 0.3 is 5.97 Å². The van der Waals surface area contributed by atoms with Crippen LogP contribution in [0, 0.1) is 24.2 Å². The number of rotatable bonds is 6. The Morgan fingerprint density at radius 3 is 2.65 bits per heavy atom. The van der Waals surface area contributed by atoms with E-state index in [0.29, 0.717) is 18.7 Å². The highest BCUT2D eigenvalue weighted by molar-refractivity contribution is 5.70. The van der Waals surface area contributed by atoms with Crippen molar-refractivity contribution < 1.29 is 9.90 Å². The minimum atomic E-state index is -0.812. The van der Waals surface area contributed by atoms with Gasteiger partial charge in [-0.15, -0.1) is 0 Å². The molecule has 0 aromatic heterocycles. The van der Waals surface area contributed by atoms with Gasteiger partial charge < -0.3 is 10.0 Å². The monoisotopic (exact) mass is 308 g/mol. The van der Waals surface area contributed by atoms with Crippen LogP contribution >= 0.6 is 0 Å². The molecule has 0 saturated carbocycles. The molecule has 2 rings (SSSR count). The van der Waals surface area contributed by atoms with Crippen molar-refractivity contribution in [2.75, 3.05) is 11.4 Å². The number of nitriles is 1. The molecular weight excluding hydrogens is 288 g/mol. The summed E-state index contributed by atoms with van der Waals surface area (Å²) in [5.41, 5.74) is 3.71. The predicted octanol–water partition coefficient (Wildman–Crippen LogP) is 3.59. The molecule has 1 N–H and O–H groups in total. The van der Waals surface area contributed by atoms with Crippen molar-refractivity contribution in [1.82, 2.24) is 0 Å². The topological polar surface area (TPSA) is 64.3 Å². The number of aliphatic carboxylic acids is 1. The van der Waals surface area contributed by atoms with Gasteiger partial charge in [0.1, 0.15) is 0 Å². The lowest BCUT2D eigenvalue weighted by Gasteiger charge is -2.27. The zero-order chi connectivity index (χ0) is 16.8. The molecule has 0 saturated heterocycles. The first kappa shape index (κ1) is 16.6. The molecule has 0 spiro atoms. The summed E-state index contributed by atoms with van der Waals surface area (Å²) < 4.78 is 0. The van der Waals surface area contributed by atoms with Gasteiger partial charge in [-0.2, -0.15) is 5.26 Å². The van der Waals surface area contributed by atoms with E-state index in [1.807, 2.05) is 54.3 Å². The summed E-state index contributed by atoms with van der Waals surface area (Å²) in [5.74, 6) is -1.29. The molecule has 1 unspecified atom stereocenters. The summed E-state index contributed by atoms with van der Waals surface area (Å²) in [7, 11) is 0. The second kappa shape index (κ2) is 7.46. The van der Waals surface area contributed by atoms with Crippen LogP contribution in [0.25, 0.3) is 0 Å². The molecule has 2 aromatic carbocycles. The second-order valence-electron chi connectivity index (χ2n) is 5.77. The molecule has 1 atom stereocenters. The number of anilines is 1. The van der Waals surface area contributed by atoms with E-state index < -0.39 is 11.9 Å². The van der Waals surface area contributed by atoms with E-state index in [9.17, 15) is 9.90 Å². The van der Waals surface area contributed by atoms with Crippen LogP contribution in [-0.2, 0) is 11.3 Å². The average molecular weight is 308 g/mol. The van der Waals surface area contributed by atoms with Gasteiger partial charge in [-0.05, 0) is 42.3 Å². The molecule has 0 radical (unpaired) electrons. The molecule has 0 aliphatic carbocycles. The molecule has 0 aliphatic rings. The summed E-state index contributed by atoms with van der Waals surface area (Å²) in [4.78, 5) is 13.3. The molecule has 0 heterocycles. The maximum absolute atomic E-state index is 11.2. The fraction of sp³-hybridized carbons (Fsp3) is 0.263. The number of carboxylic acid groups (broad SMARTS) is 1. The average Bonchev–Trinajstić information content (AvgIpc) is 2.54. The van der Waals surface area contributed by atoms with Gasteiger partial charge in [-0.3, -0.25) is 4.79 Å². The molecule has 0 amide bonds. The fourth-order valence-electron chi connectivity index (χ4n) is 2.45. The Morgan fingerprint density at radius 2 is 2.00 bits per heavy atom. The molecule has 4 heteroatoms. The van der Waals surface area contributed by atoms with Crippen molar-refractivity contribution in [3.63, 3.8) is 0 Å². The summed E-state index contributed by atoms with van der Waals surface area (Å²) in [6, 6.07) is 17.6. The van der Waals surface area contributed by atoms with Crippen LogP contribution in [-0.4, -0.2) is 17.6 Å². The lowest BCUT2D eigenvalue weighted by Crippen LogP contribution is -2.31. The zero-order valence-corrected chi connectivity index (χ0v) is 13.4. The van der Waals surface area contributed by atoms with E-state index in [0.717, 1.165) is 16.8 Å². The van der Waals surface area contributed by atoms with Gasteiger partial charge in [0.05, 0.1) is 17.6 Å². The molecule has 0 bridgehead atoms. The van der Waals surface area contributed by atoms with Gasteiger partial charge in [0.25, 0.3) is 0 Å². The molecule has 23 heavy (non-hydrogen) atoms. The van der Waals surface area contributed by atoms with Crippen LogP contribution in [0.5, 0.6) is 0 Å². The van der Waals surface area contributed by atoms with Gasteiger partial charge in [0, 0.05) is 18.8 Å². The van der Waals surface area contributed by atoms with Crippen molar-refractivity contribution in [2.24, 2.45) is 5.92 Å². The van der Waals surface area contributed by atoms with Crippen LogP contribution in [0.2, 0.25) is 0 Å². The van der Waals surface area contributed by atoms with Crippen LogP contribution in [0.15, 0.2) is 48.5 Å². The second-order valence-corrected chi connectivity index (χ2v) is 5.77. The Morgan fingerprint density at radius 1 is 1.26 bits per heavy atom. The highest BCUT2D eigenvalue weighted by Gasteiger charge is 2.17. The van der Waals surface area contributed by atoms with Crippen LogP contribution < -0.4 is 4.90 Å². The Labute approximate surface area is 136 Å². The van der Waals surface area contributed by atoms with E-state index in [2.05, 4.69) is 6.07 Å². The van der Waals surface area contributed by atoms with Crippen molar-refractivity contribution >= 4 is 11.7 Å². The minimum Gasteiger partial charge on any atom is -0.481 e. The Hall–Kier alpha value is -2.80. The molecular formula is C19H20N2O2. The third-order valence-electron chi connectivity index (χ3n) is 3.71. The van der Waals surface area contributed by atoms with Gasteiger partial charge in [0.2, 0.25) is 0 Å². The standard InChI is InChI=1S/C19H20N2O2/c1-14-5-3-8-18(9-14)21(12-15(2)19(22)23)13-17-7-4-6-16(10-17)11-20/h3-10,15H,12-13H2,1-2H3,(H,22,23). The van der Waals surface area contributed by atoms with E-state index in [1.54, 1.807) is 13.0 Å². The first-order valence-electron chi connectivity index (χ1n) is 7.53. The van der Waals surface area contributed by atoms with Crippen molar-refractivity contribution in [3.8, 4) is 6.07 Å². The molecule has 2 aromatic rings. The lowest BCUT2D eigenvalue weighted by molar-refractivity contribution is -0.140. The number of carboxylic acids is 1. The first-order chi connectivity index (χ1) is 11.0. The third kappa shape index (κ3) is 4.58. The van der Waals surface area contributed by atoms with Crippen LogP contribution in [0.3, 0.4) is 0 Å². The Bertz CT molecular complexity index is 734. The Balaban J connectivity index is 2.29. The van der Waals surface area contributed by atoms with Gasteiger partial charge in [0.15, 0.2) is 0 Å². The van der Waals surface area contributed by atoms with Gasteiger partial charge in [-0.1, -0.05) is 31.2 Å². The van der Waals surface area contributed by atoms with Crippen molar-refractivity contribution in [3.05, 3.63) is 65.2 Å². The number of hydrogen-bond donors (Lipinski definition) is 1. The number of hydrogen-bond acceptors (Lipinski definition) is 3. The normalized spacial score (nSPS) is 11.5. The number of carbonyl (C=O) groups is 1. The van der Waals surface area contributed by atoms with Crippen molar-refractivity contribution in [2.45, 2.75) is 20.4 Å². The van der Waals surface area contributed by atoms with E-state index in [-0.39, 0.29) is 0 Å². The van der Waals surface area contributed by atoms with Gasteiger partial charge in [-0.25, -0.2) is 0 Å². The highest BCUT2D eigenvalue weighted by atomic mass is 16.4. The van der Waals surface area contributed by atoms with E-state index in [4.69, 9.17) is 5.26 Å². The quantitative estimate of drug-likeness (QED) is 0.885. The SMILES string of the molecule is Cc1cccc(N(Cc2cccc(C#N)c2)CC(C)C(=O)O)c1. The van der Waals surface area contributed by atoms with Crippen LogP contribution in [0.4, 0.5) is 5.69 Å². The van der Waals surface area contributed by atoms with E-state index in [1.165, 1.54) is 0 Å².